The van der Waals surface area contributed by atoms with E-state index >= 15 is 0 Å². The van der Waals surface area contributed by atoms with Crippen LogP contribution in [0.2, 0.25) is 0 Å². The van der Waals surface area contributed by atoms with Crippen LogP contribution in [0.5, 0.6) is 17.4 Å². The molecule has 0 radical (unpaired) electrons. The van der Waals surface area contributed by atoms with E-state index in [9.17, 15) is 14.7 Å². The second-order valence-electron chi connectivity index (χ2n) is 7.69. The first-order valence-corrected chi connectivity index (χ1v) is 11.5. The Morgan fingerprint density at radius 2 is 1.89 bits per heavy atom. The molecule has 0 spiro atoms. The van der Waals surface area contributed by atoms with Gasteiger partial charge in [0.05, 0.1) is 23.5 Å². The third kappa shape index (κ3) is 4.56. The first-order chi connectivity index (χ1) is 17.4. The van der Waals surface area contributed by atoms with E-state index in [-0.39, 0.29) is 17.1 Å². The van der Waals surface area contributed by atoms with Crippen molar-refractivity contribution in [2.45, 2.75) is 0 Å². The molecule has 0 aliphatic heterocycles. The number of aromatic amines is 2. The van der Waals surface area contributed by atoms with Crippen LogP contribution < -0.4 is 15.0 Å². The lowest BCUT2D eigenvalue weighted by Crippen LogP contribution is -2.10. The van der Waals surface area contributed by atoms with E-state index in [1.165, 1.54) is 7.11 Å². The van der Waals surface area contributed by atoms with Crippen molar-refractivity contribution >= 4 is 49.3 Å². The summed E-state index contributed by atoms with van der Waals surface area (Å²) in [6.45, 7) is -0.406. The number of hydrogen-bond donors (Lipinski definition) is 3. The number of hydrogen-bond acceptors (Lipinski definition) is 7. The van der Waals surface area contributed by atoms with Crippen molar-refractivity contribution in [2.75, 3.05) is 13.7 Å². The van der Waals surface area contributed by atoms with Crippen LogP contribution in [-0.2, 0) is 4.79 Å². The van der Waals surface area contributed by atoms with Crippen molar-refractivity contribution in [1.82, 2.24) is 15.0 Å². The van der Waals surface area contributed by atoms with Crippen molar-refractivity contribution < 1.29 is 19.4 Å². The molecule has 2 heterocycles. The summed E-state index contributed by atoms with van der Waals surface area (Å²) in [5.41, 5.74) is 1.73. The van der Waals surface area contributed by atoms with E-state index in [0.29, 0.717) is 44.7 Å². The molecular formula is C25H18BrN5O5. The van der Waals surface area contributed by atoms with Gasteiger partial charge >= 0.3 is 5.91 Å². The first kappa shape index (κ1) is 23.2. The van der Waals surface area contributed by atoms with Crippen molar-refractivity contribution in [3.8, 4) is 28.8 Å². The standard InChI is InChI=1S/C25H18BrN5O5/c1-35-20-10-13(23-27-17-5-3-2-4-15(17)24(33)29-23)6-9-19(20)36-12-21(32)30-31-22-16-11-14(26)7-8-18(16)28-25(22)34/h2-11,28,34H,12H2,1H3,(H,27,29,33). The zero-order valence-corrected chi connectivity index (χ0v) is 20.4. The number of nitrogens with zero attached hydrogens (tertiary/aromatic N) is 3. The molecule has 11 heteroatoms. The number of rotatable bonds is 6. The van der Waals surface area contributed by atoms with E-state index in [1.807, 2.05) is 12.1 Å². The number of carbonyl (C=O) groups is 1. The van der Waals surface area contributed by atoms with Crippen LogP contribution in [-0.4, -0.2) is 39.7 Å². The summed E-state index contributed by atoms with van der Waals surface area (Å²) in [5, 5.41) is 18.8. The molecule has 2 aromatic heterocycles. The van der Waals surface area contributed by atoms with Gasteiger partial charge in [-0.2, -0.15) is 0 Å². The highest BCUT2D eigenvalue weighted by molar-refractivity contribution is 9.10. The van der Waals surface area contributed by atoms with Gasteiger partial charge in [-0.3, -0.25) is 9.59 Å². The zero-order chi connectivity index (χ0) is 25.2. The Labute approximate surface area is 211 Å². The first-order valence-electron chi connectivity index (χ1n) is 10.7. The topological polar surface area (TPSA) is 142 Å². The maximum absolute atomic E-state index is 12.4. The second-order valence-corrected chi connectivity index (χ2v) is 8.61. The monoisotopic (exact) mass is 547 g/mol. The lowest BCUT2D eigenvalue weighted by Gasteiger charge is -2.11. The van der Waals surface area contributed by atoms with Gasteiger partial charge in [-0.15, -0.1) is 10.2 Å². The quantitative estimate of drug-likeness (QED) is 0.248. The van der Waals surface area contributed by atoms with Gasteiger partial charge in [-0.1, -0.05) is 28.1 Å². The Morgan fingerprint density at radius 3 is 2.72 bits per heavy atom. The van der Waals surface area contributed by atoms with Crippen molar-refractivity contribution in [1.29, 1.82) is 0 Å². The average molecular weight is 548 g/mol. The molecule has 0 fully saturated rings. The summed E-state index contributed by atoms with van der Waals surface area (Å²) in [4.78, 5) is 34.8. The highest BCUT2D eigenvalue weighted by atomic mass is 79.9. The summed E-state index contributed by atoms with van der Waals surface area (Å²) >= 11 is 3.37. The summed E-state index contributed by atoms with van der Waals surface area (Å²) in [6, 6.07) is 17.3. The number of amides is 1. The van der Waals surface area contributed by atoms with Gasteiger partial charge < -0.3 is 24.5 Å². The highest BCUT2D eigenvalue weighted by Crippen LogP contribution is 2.37. The maximum atomic E-state index is 12.4. The summed E-state index contributed by atoms with van der Waals surface area (Å²) < 4.78 is 11.8. The number of H-pyrrole nitrogens is 2. The molecule has 0 atom stereocenters. The number of halogens is 1. The molecule has 0 aliphatic carbocycles. The van der Waals surface area contributed by atoms with Gasteiger partial charge in [-0.05, 0) is 48.5 Å². The number of fused-ring (bicyclic) bond motifs is 2. The Balaban J connectivity index is 1.33. The molecule has 36 heavy (non-hydrogen) atoms. The number of para-hydroxylation sites is 1. The Bertz CT molecular complexity index is 1710. The second kappa shape index (κ2) is 9.62. The van der Waals surface area contributed by atoms with Gasteiger partial charge in [0, 0.05) is 15.4 Å². The van der Waals surface area contributed by atoms with Crippen LogP contribution in [0.4, 0.5) is 5.69 Å². The fraction of sp³-hybridized carbons (Fsp3) is 0.0800. The van der Waals surface area contributed by atoms with Crippen LogP contribution in [0.1, 0.15) is 0 Å². The Kier molecular flexibility index (Phi) is 6.21. The van der Waals surface area contributed by atoms with E-state index in [1.54, 1.807) is 48.5 Å². The smallest absolute Gasteiger partial charge is 0.302 e. The lowest BCUT2D eigenvalue weighted by atomic mass is 10.1. The SMILES string of the molecule is COc1cc(-c2nc3ccccc3c(=O)[nH]2)ccc1OCC(=O)N=Nc1c(O)[nH]c2ccc(Br)cc12. The Hall–Kier alpha value is -4.51. The van der Waals surface area contributed by atoms with Gasteiger partial charge in [0.25, 0.3) is 5.56 Å². The molecule has 0 saturated heterocycles. The highest BCUT2D eigenvalue weighted by Gasteiger charge is 2.14. The van der Waals surface area contributed by atoms with Crippen LogP contribution in [0.3, 0.4) is 0 Å². The van der Waals surface area contributed by atoms with Gasteiger partial charge in [-0.25, -0.2) is 4.98 Å². The van der Waals surface area contributed by atoms with E-state index in [4.69, 9.17) is 9.47 Å². The minimum absolute atomic E-state index is 0.151. The number of benzene rings is 3. The summed E-state index contributed by atoms with van der Waals surface area (Å²) in [7, 11) is 1.46. The van der Waals surface area contributed by atoms with Crippen LogP contribution >= 0.6 is 15.9 Å². The molecule has 10 nitrogen and oxygen atoms in total. The van der Waals surface area contributed by atoms with Gasteiger partial charge in [0.2, 0.25) is 5.88 Å². The molecule has 0 bridgehead atoms. The molecule has 3 aromatic carbocycles. The number of methoxy groups -OCH3 is 1. The molecule has 5 rings (SSSR count). The number of azo groups is 1. The van der Waals surface area contributed by atoms with Crippen molar-refractivity contribution in [3.63, 3.8) is 0 Å². The molecule has 0 saturated carbocycles. The lowest BCUT2D eigenvalue weighted by molar-refractivity contribution is -0.120. The molecule has 0 unspecified atom stereocenters. The van der Waals surface area contributed by atoms with E-state index < -0.39 is 12.5 Å². The molecule has 1 amide bonds. The number of nitrogens with one attached hydrogen (secondary N) is 2. The zero-order valence-electron chi connectivity index (χ0n) is 18.8. The van der Waals surface area contributed by atoms with Crippen LogP contribution in [0.25, 0.3) is 33.2 Å². The predicted octanol–water partition coefficient (Wildman–Crippen LogP) is 5.24. The maximum Gasteiger partial charge on any atom is 0.302 e. The number of ether oxygens (including phenoxy) is 2. The predicted molar refractivity (Wildman–Crippen MR) is 137 cm³/mol. The minimum Gasteiger partial charge on any atom is -0.493 e. The Morgan fingerprint density at radius 1 is 1.06 bits per heavy atom. The normalized spacial score (nSPS) is 11.4. The largest absolute Gasteiger partial charge is 0.493 e. The molecule has 5 aromatic rings. The van der Waals surface area contributed by atoms with Gasteiger partial charge in [0.1, 0.15) is 5.82 Å². The summed E-state index contributed by atoms with van der Waals surface area (Å²) in [6.07, 6.45) is 0. The number of aromatic nitrogens is 3. The number of aromatic hydroxyl groups is 1. The fourth-order valence-corrected chi connectivity index (χ4v) is 4.03. The minimum atomic E-state index is -0.662. The van der Waals surface area contributed by atoms with Gasteiger partial charge in [0.15, 0.2) is 23.8 Å². The molecule has 3 N–H and O–H groups in total. The van der Waals surface area contributed by atoms with E-state index in [0.717, 1.165) is 4.47 Å². The number of carbonyl (C=O) groups excluding carboxylic acids is 1. The summed E-state index contributed by atoms with van der Waals surface area (Å²) in [5.74, 6) is 0.154. The van der Waals surface area contributed by atoms with Crippen molar-refractivity contribution in [2.24, 2.45) is 10.2 Å². The molecule has 0 aliphatic rings. The van der Waals surface area contributed by atoms with Crippen LogP contribution in [0.15, 0.2) is 80.2 Å². The third-order valence-corrected chi connectivity index (χ3v) is 5.87. The fourth-order valence-electron chi connectivity index (χ4n) is 3.67. The van der Waals surface area contributed by atoms with E-state index in [2.05, 4.69) is 41.1 Å². The van der Waals surface area contributed by atoms with Crippen molar-refractivity contribution in [3.05, 3.63) is 75.5 Å². The molecular weight excluding hydrogens is 530 g/mol. The third-order valence-electron chi connectivity index (χ3n) is 5.38. The molecule has 180 valence electrons. The average Bonchev–Trinajstić information content (AvgIpc) is 3.20. The van der Waals surface area contributed by atoms with Crippen LogP contribution in [0, 0.1) is 0 Å².